The summed E-state index contributed by atoms with van der Waals surface area (Å²) in [6, 6.07) is 7.33. The van der Waals surface area contributed by atoms with Gasteiger partial charge in [0.1, 0.15) is 5.82 Å². The second-order valence-electron chi connectivity index (χ2n) is 4.37. The van der Waals surface area contributed by atoms with Gasteiger partial charge >= 0.3 is 0 Å². The predicted molar refractivity (Wildman–Crippen MR) is 66.1 cm³/mol. The first-order valence-electron chi connectivity index (χ1n) is 5.69. The summed E-state index contributed by atoms with van der Waals surface area (Å²) in [5.74, 6) is -0.104. The Morgan fingerprint density at radius 3 is 2.56 bits per heavy atom. The highest BCUT2D eigenvalue weighted by Crippen LogP contribution is 2.10. The molecule has 0 aromatic heterocycles. The molecule has 0 saturated carbocycles. The standard InChI is InChI=1S/C13H21FN2/c1-15-12(8-9-16(2)3)10-11-6-4-5-7-13(11)14/h4-7,12,15H,8-10H2,1-3H3. The average molecular weight is 224 g/mol. The second-order valence-corrected chi connectivity index (χ2v) is 4.37. The molecule has 90 valence electrons. The van der Waals surface area contributed by atoms with Crippen molar-refractivity contribution >= 4 is 0 Å². The van der Waals surface area contributed by atoms with Crippen molar-refractivity contribution in [2.45, 2.75) is 18.9 Å². The van der Waals surface area contributed by atoms with Crippen molar-refractivity contribution in [2.75, 3.05) is 27.7 Å². The lowest BCUT2D eigenvalue weighted by atomic mass is 10.0. The predicted octanol–water partition coefficient (Wildman–Crippen LogP) is 1.91. The van der Waals surface area contributed by atoms with Crippen LogP contribution < -0.4 is 5.32 Å². The molecule has 1 atom stereocenters. The van der Waals surface area contributed by atoms with Crippen molar-refractivity contribution in [1.82, 2.24) is 10.2 Å². The molecule has 1 unspecified atom stereocenters. The summed E-state index contributed by atoms with van der Waals surface area (Å²) < 4.78 is 13.4. The first-order chi connectivity index (χ1) is 7.63. The molecular formula is C13H21FN2. The third-order valence-corrected chi connectivity index (χ3v) is 2.76. The number of rotatable bonds is 6. The van der Waals surface area contributed by atoms with Gasteiger partial charge in [-0.3, -0.25) is 0 Å². The summed E-state index contributed by atoms with van der Waals surface area (Å²) in [7, 11) is 6.03. The minimum atomic E-state index is -0.104. The third kappa shape index (κ3) is 4.29. The van der Waals surface area contributed by atoms with Crippen LogP contribution in [0.2, 0.25) is 0 Å². The molecule has 0 amide bonds. The first kappa shape index (κ1) is 13.1. The van der Waals surface area contributed by atoms with Gasteiger partial charge in [-0.15, -0.1) is 0 Å². The molecule has 2 nitrogen and oxygen atoms in total. The van der Waals surface area contributed by atoms with Crippen molar-refractivity contribution in [3.8, 4) is 0 Å². The highest BCUT2D eigenvalue weighted by atomic mass is 19.1. The highest BCUT2D eigenvalue weighted by molar-refractivity contribution is 5.18. The van der Waals surface area contributed by atoms with Crippen molar-refractivity contribution in [2.24, 2.45) is 0 Å². The summed E-state index contributed by atoms with van der Waals surface area (Å²) in [5, 5.41) is 3.24. The zero-order valence-electron chi connectivity index (χ0n) is 10.3. The Balaban J connectivity index is 2.53. The maximum absolute atomic E-state index is 13.4. The summed E-state index contributed by atoms with van der Waals surface area (Å²) in [4.78, 5) is 2.14. The molecule has 0 radical (unpaired) electrons. The summed E-state index contributed by atoms with van der Waals surface area (Å²) >= 11 is 0. The summed E-state index contributed by atoms with van der Waals surface area (Å²) in [6.45, 7) is 1.01. The van der Waals surface area contributed by atoms with E-state index < -0.39 is 0 Å². The zero-order valence-corrected chi connectivity index (χ0v) is 10.3. The highest BCUT2D eigenvalue weighted by Gasteiger charge is 2.10. The maximum Gasteiger partial charge on any atom is 0.126 e. The van der Waals surface area contributed by atoms with E-state index >= 15 is 0 Å². The van der Waals surface area contributed by atoms with Gasteiger partial charge in [0.15, 0.2) is 0 Å². The quantitative estimate of drug-likeness (QED) is 0.794. The number of benzene rings is 1. The summed E-state index contributed by atoms with van der Waals surface area (Å²) in [6.07, 6.45) is 1.77. The molecule has 0 bridgehead atoms. The Morgan fingerprint density at radius 2 is 2.00 bits per heavy atom. The number of nitrogens with one attached hydrogen (secondary N) is 1. The van der Waals surface area contributed by atoms with Gasteiger partial charge in [-0.2, -0.15) is 0 Å². The third-order valence-electron chi connectivity index (χ3n) is 2.76. The normalized spacial score (nSPS) is 13.1. The molecule has 16 heavy (non-hydrogen) atoms. The van der Waals surface area contributed by atoms with Crippen LogP contribution in [0, 0.1) is 5.82 Å². The molecule has 3 heteroatoms. The van der Waals surface area contributed by atoms with E-state index in [9.17, 15) is 4.39 Å². The molecule has 0 aliphatic rings. The summed E-state index contributed by atoms with van der Waals surface area (Å²) in [5.41, 5.74) is 0.792. The lowest BCUT2D eigenvalue weighted by molar-refractivity contribution is 0.363. The number of likely N-dealkylation sites (N-methyl/N-ethyl adjacent to an activating group) is 1. The minimum Gasteiger partial charge on any atom is -0.317 e. The van der Waals surface area contributed by atoms with Crippen LogP contribution in [0.3, 0.4) is 0 Å². The molecule has 0 saturated heterocycles. The first-order valence-corrected chi connectivity index (χ1v) is 5.69. The number of hydrogen-bond donors (Lipinski definition) is 1. The van der Waals surface area contributed by atoms with Gasteiger partial charge in [-0.1, -0.05) is 18.2 Å². The van der Waals surface area contributed by atoms with Crippen LogP contribution >= 0.6 is 0 Å². The van der Waals surface area contributed by atoms with E-state index in [0.717, 1.165) is 24.9 Å². The molecule has 0 spiro atoms. The monoisotopic (exact) mass is 224 g/mol. The zero-order chi connectivity index (χ0) is 12.0. The molecule has 0 heterocycles. The lowest BCUT2D eigenvalue weighted by Gasteiger charge is -2.19. The molecule has 1 rings (SSSR count). The fourth-order valence-electron chi connectivity index (χ4n) is 1.69. The Bertz CT molecular complexity index is 313. The molecule has 1 N–H and O–H groups in total. The SMILES string of the molecule is CNC(CCN(C)C)Cc1ccccc1F. The maximum atomic E-state index is 13.4. The fourth-order valence-corrected chi connectivity index (χ4v) is 1.69. The van der Waals surface area contributed by atoms with Gasteiger partial charge in [0, 0.05) is 6.04 Å². The largest absolute Gasteiger partial charge is 0.317 e. The topological polar surface area (TPSA) is 15.3 Å². The second kappa shape index (κ2) is 6.61. The average Bonchev–Trinajstić information content (AvgIpc) is 2.26. The Morgan fingerprint density at radius 1 is 1.31 bits per heavy atom. The van der Waals surface area contributed by atoms with E-state index in [1.54, 1.807) is 6.07 Å². The molecule has 1 aromatic rings. The van der Waals surface area contributed by atoms with E-state index in [1.807, 2.05) is 19.2 Å². The van der Waals surface area contributed by atoms with E-state index in [4.69, 9.17) is 0 Å². The molecule has 0 aliphatic carbocycles. The fraction of sp³-hybridized carbons (Fsp3) is 0.538. The molecule has 0 fully saturated rings. The van der Waals surface area contributed by atoms with Gasteiger partial charge in [-0.25, -0.2) is 4.39 Å². The lowest BCUT2D eigenvalue weighted by Crippen LogP contribution is -2.31. The van der Waals surface area contributed by atoms with Gasteiger partial charge in [-0.05, 0) is 52.2 Å². The van der Waals surface area contributed by atoms with E-state index in [2.05, 4.69) is 24.3 Å². The van der Waals surface area contributed by atoms with Gasteiger partial charge in [0.25, 0.3) is 0 Å². The molecule has 0 aliphatic heterocycles. The van der Waals surface area contributed by atoms with E-state index in [-0.39, 0.29) is 5.82 Å². The number of nitrogens with zero attached hydrogens (tertiary/aromatic N) is 1. The van der Waals surface area contributed by atoms with Crippen molar-refractivity contribution in [3.05, 3.63) is 35.6 Å². The van der Waals surface area contributed by atoms with Crippen LogP contribution in [-0.4, -0.2) is 38.6 Å². The van der Waals surface area contributed by atoms with Gasteiger partial charge in [0.2, 0.25) is 0 Å². The van der Waals surface area contributed by atoms with Crippen LogP contribution in [0.15, 0.2) is 24.3 Å². The van der Waals surface area contributed by atoms with Crippen LogP contribution in [0.1, 0.15) is 12.0 Å². The number of halogens is 1. The van der Waals surface area contributed by atoms with E-state index in [1.165, 1.54) is 6.07 Å². The van der Waals surface area contributed by atoms with Crippen molar-refractivity contribution in [3.63, 3.8) is 0 Å². The van der Waals surface area contributed by atoms with Crippen molar-refractivity contribution in [1.29, 1.82) is 0 Å². The van der Waals surface area contributed by atoms with Gasteiger partial charge < -0.3 is 10.2 Å². The smallest absolute Gasteiger partial charge is 0.126 e. The Labute approximate surface area is 97.5 Å². The van der Waals surface area contributed by atoms with Crippen LogP contribution in [0.25, 0.3) is 0 Å². The Kier molecular flexibility index (Phi) is 5.43. The van der Waals surface area contributed by atoms with Crippen LogP contribution in [-0.2, 0) is 6.42 Å². The van der Waals surface area contributed by atoms with Gasteiger partial charge in [0.05, 0.1) is 0 Å². The molecule has 1 aromatic carbocycles. The number of hydrogen-bond acceptors (Lipinski definition) is 2. The minimum absolute atomic E-state index is 0.104. The van der Waals surface area contributed by atoms with Crippen LogP contribution in [0.4, 0.5) is 4.39 Å². The van der Waals surface area contributed by atoms with E-state index in [0.29, 0.717) is 6.04 Å². The molecular weight excluding hydrogens is 203 g/mol. The van der Waals surface area contributed by atoms with Crippen LogP contribution in [0.5, 0.6) is 0 Å². The van der Waals surface area contributed by atoms with Crippen molar-refractivity contribution < 1.29 is 4.39 Å². The Hall–Kier alpha value is -0.930.